The summed E-state index contributed by atoms with van der Waals surface area (Å²) in [5, 5.41) is 3.33. The third-order valence-corrected chi connectivity index (χ3v) is 3.20. The topological polar surface area (TPSA) is 49.4 Å². The van der Waals surface area contributed by atoms with Crippen LogP contribution < -0.4 is 5.32 Å². The number of nitrogens with one attached hydrogen (secondary N) is 1. The summed E-state index contributed by atoms with van der Waals surface area (Å²) < 4.78 is 23.0. The van der Waals surface area contributed by atoms with E-state index in [1.54, 1.807) is 0 Å². The van der Waals surface area contributed by atoms with Crippen LogP contribution >= 0.6 is 0 Å². The average Bonchev–Trinajstić information content (AvgIpc) is 2.15. The van der Waals surface area contributed by atoms with E-state index in [9.17, 15) is 8.42 Å². The lowest BCUT2D eigenvalue weighted by atomic mass is 10.1. The molecule has 13 heavy (non-hydrogen) atoms. The monoisotopic (exact) mass is 206 g/mol. The van der Waals surface area contributed by atoms with Crippen LogP contribution in [0.15, 0.2) is 0 Å². The van der Waals surface area contributed by atoms with Gasteiger partial charge in [0.15, 0.2) is 0 Å². The van der Waals surface area contributed by atoms with Gasteiger partial charge in [-0.2, -0.15) is 0 Å². The van der Waals surface area contributed by atoms with Crippen LogP contribution in [0.2, 0.25) is 0 Å². The van der Waals surface area contributed by atoms with Crippen LogP contribution in [-0.2, 0) is 10.9 Å². The van der Waals surface area contributed by atoms with Gasteiger partial charge in [-0.3, -0.25) is 0 Å². The molecular formula is C8H18N2O2S. The molecule has 0 radical (unpaired) electrons. The summed E-state index contributed by atoms with van der Waals surface area (Å²) in [5.74, 6) is 0. The molecule has 0 saturated carbocycles. The molecule has 1 unspecified atom stereocenters. The van der Waals surface area contributed by atoms with E-state index in [1.165, 1.54) is 17.1 Å². The predicted octanol–water partition coefficient (Wildman–Crippen LogP) is -0.0232. The molecule has 0 spiro atoms. The van der Waals surface area contributed by atoms with Gasteiger partial charge < -0.3 is 5.32 Å². The van der Waals surface area contributed by atoms with Crippen LogP contribution in [0.25, 0.3) is 0 Å². The van der Waals surface area contributed by atoms with Gasteiger partial charge in [-0.25, -0.2) is 12.7 Å². The maximum atomic E-state index is 10.7. The number of hydrogen-bond donors (Lipinski definition) is 2. The van der Waals surface area contributed by atoms with Crippen molar-refractivity contribution in [3.8, 4) is 0 Å². The lowest BCUT2D eigenvalue weighted by Crippen LogP contribution is -2.49. The Bertz CT molecular complexity index is 210. The van der Waals surface area contributed by atoms with Crippen molar-refractivity contribution in [3.05, 3.63) is 0 Å². The van der Waals surface area contributed by atoms with Gasteiger partial charge >= 0.3 is 0 Å². The minimum absolute atomic E-state index is 0.363. The highest BCUT2D eigenvalue weighted by Gasteiger charge is 2.19. The first kappa shape index (κ1) is 10.9. The normalized spacial score (nSPS) is 25.2. The van der Waals surface area contributed by atoms with Gasteiger partial charge in [0.1, 0.15) is 0 Å². The Kier molecular flexibility index (Phi) is 4.69. The van der Waals surface area contributed by atoms with Crippen molar-refractivity contribution in [2.75, 3.05) is 19.6 Å². The number of rotatable bonds is 4. The highest BCUT2D eigenvalue weighted by molar-refractivity contribution is 7.69. The van der Waals surface area contributed by atoms with Crippen LogP contribution in [0, 0.1) is 0 Å². The summed E-state index contributed by atoms with van der Waals surface area (Å²) in [4.78, 5) is 0. The smallest absolute Gasteiger partial charge is 0.204 e. The third kappa shape index (κ3) is 3.62. The fourth-order valence-electron chi connectivity index (χ4n) is 1.60. The molecule has 1 atom stereocenters. The lowest BCUT2D eigenvalue weighted by Gasteiger charge is -2.29. The van der Waals surface area contributed by atoms with Crippen LogP contribution in [0.4, 0.5) is 0 Å². The molecule has 1 heterocycles. The van der Waals surface area contributed by atoms with E-state index in [2.05, 4.69) is 12.2 Å². The predicted molar refractivity (Wildman–Crippen MR) is 53.2 cm³/mol. The first-order valence-electron chi connectivity index (χ1n) is 4.86. The zero-order valence-corrected chi connectivity index (χ0v) is 8.93. The van der Waals surface area contributed by atoms with Crippen LogP contribution in [0.3, 0.4) is 0 Å². The summed E-state index contributed by atoms with van der Waals surface area (Å²) >= 11 is 0. The molecule has 1 saturated heterocycles. The molecule has 0 aromatic rings. The van der Waals surface area contributed by atoms with Crippen LogP contribution in [-0.4, -0.2) is 38.4 Å². The van der Waals surface area contributed by atoms with E-state index in [0.29, 0.717) is 19.1 Å². The van der Waals surface area contributed by atoms with Gasteiger partial charge in [0.25, 0.3) is 0 Å². The molecule has 78 valence electrons. The molecule has 1 aliphatic rings. The first-order chi connectivity index (χ1) is 6.24. The van der Waals surface area contributed by atoms with Gasteiger partial charge in [-0.1, -0.05) is 19.8 Å². The highest BCUT2D eigenvalue weighted by atomic mass is 32.2. The molecule has 0 bridgehead atoms. The molecule has 1 N–H and O–H groups in total. The number of thiol groups is 1. The van der Waals surface area contributed by atoms with Crippen molar-refractivity contribution in [1.82, 2.24) is 9.62 Å². The van der Waals surface area contributed by atoms with E-state index in [0.717, 1.165) is 13.0 Å². The van der Waals surface area contributed by atoms with Crippen molar-refractivity contribution in [1.29, 1.82) is 0 Å². The molecule has 0 amide bonds. The molecule has 0 aliphatic carbocycles. The van der Waals surface area contributed by atoms with E-state index < -0.39 is 10.9 Å². The Labute approximate surface area is 81.4 Å². The Morgan fingerprint density at radius 2 is 2.31 bits per heavy atom. The standard InChI is InChI=1S/C8H18N2O2S/c1-2-3-4-8-7-10(13(11)12)6-5-9-8/h8-9,13H,2-7H2,1H3. The van der Waals surface area contributed by atoms with Crippen molar-refractivity contribution >= 4 is 10.9 Å². The van der Waals surface area contributed by atoms with Gasteiger partial charge in [0, 0.05) is 25.7 Å². The highest BCUT2D eigenvalue weighted by Crippen LogP contribution is 2.06. The second-order valence-electron chi connectivity index (χ2n) is 3.44. The minimum Gasteiger partial charge on any atom is -0.311 e. The lowest BCUT2D eigenvalue weighted by molar-refractivity contribution is 0.291. The maximum absolute atomic E-state index is 10.7. The van der Waals surface area contributed by atoms with Crippen molar-refractivity contribution in [2.45, 2.75) is 32.2 Å². The quantitative estimate of drug-likeness (QED) is 0.635. The summed E-state index contributed by atoms with van der Waals surface area (Å²) in [6, 6.07) is 0.363. The zero-order valence-electron chi connectivity index (χ0n) is 8.03. The van der Waals surface area contributed by atoms with E-state index in [-0.39, 0.29) is 0 Å². The Morgan fingerprint density at radius 3 is 2.92 bits per heavy atom. The number of unbranched alkanes of at least 4 members (excludes halogenated alkanes) is 1. The summed E-state index contributed by atoms with van der Waals surface area (Å²) in [7, 11) is -2.37. The minimum atomic E-state index is -2.37. The third-order valence-electron chi connectivity index (χ3n) is 2.37. The van der Waals surface area contributed by atoms with E-state index >= 15 is 0 Å². The van der Waals surface area contributed by atoms with E-state index in [1.807, 2.05) is 0 Å². The second-order valence-corrected chi connectivity index (χ2v) is 4.49. The zero-order chi connectivity index (χ0) is 9.68. The Balaban J connectivity index is 2.33. The average molecular weight is 206 g/mol. The van der Waals surface area contributed by atoms with Crippen molar-refractivity contribution < 1.29 is 8.42 Å². The molecule has 0 aromatic carbocycles. The van der Waals surface area contributed by atoms with Gasteiger partial charge in [-0.15, -0.1) is 0 Å². The largest absolute Gasteiger partial charge is 0.311 e. The fourth-order valence-corrected chi connectivity index (χ4v) is 2.19. The molecule has 1 aliphatic heterocycles. The van der Waals surface area contributed by atoms with Crippen LogP contribution in [0.1, 0.15) is 26.2 Å². The molecule has 0 aromatic heterocycles. The number of nitrogens with zero attached hydrogens (tertiary/aromatic N) is 1. The Hall–Kier alpha value is -0.130. The molecule has 5 heteroatoms. The number of hydrogen-bond acceptors (Lipinski definition) is 3. The Morgan fingerprint density at radius 1 is 1.54 bits per heavy atom. The van der Waals surface area contributed by atoms with Crippen LogP contribution in [0.5, 0.6) is 0 Å². The van der Waals surface area contributed by atoms with Gasteiger partial charge in [0.05, 0.1) is 0 Å². The van der Waals surface area contributed by atoms with E-state index in [4.69, 9.17) is 0 Å². The van der Waals surface area contributed by atoms with Gasteiger partial charge in [0.2, 0.25) is 10.9 Å². The van der Waals surface area contributed by atoms with Crippen molar-refractivity contribution in [3.63, 3.8) is 0 Å². The first-order valence-corrected chi connectivity index (χ1v) is 5.99. The molecule has 4 nitrogen and oxygen atoms in total. The summed E-state index contributed by atoms with van der Waals surface area (Å²) in [6.07, 6.45) is 3.42. The second kappa shape index (κ2) is 5.57. The molecular weight excluding hydrogens is 188 g/mol. The fraction of sp³-hybridized carbons (Fsp3) is 1.00. The van der Waals surface area contributed by atoms with Crippen molar-refractivity contribution in [2.24, 2.45) is 0 Å². The molecule has 1 rings (SSSR count). The SMILES string of the molecule is CCCCC1CN([SH](=O)=O)CCN1. The summed E-state index contributed by atoms with van der Waals surface area (Å²) in [6.45, 7) is 4.21. The van der Waals surface area contributed by atoms with Gasteiger partial charge in [-0.05, 0) is 6.42 Å². The summed E-state index contributed by atoms with van der Waals surface area (Å²) in [5.41, 5.74) is 0. The maximum Gasteiger partial charge on any atom is 0.204 e. The number of piperazine rings is 1. The molecule has 1 fully saturated rings.